The smallest absolute Gasteiger partial charge is 0.191 e. The van der Waals surface area contributed by atoms with E-state index in [4.69, 9.17) is 4.74 Å². The van der Waals surface area contributed by atoms with Crippen LogP contribution in [0.15, 0.2) is 29.3 Å². The molecule has 0 aromatic heterocycles. The second kappa shape index (κ2) is 10.9. The fourth-order valence-electron chi connectivity index (χ4n) is 3.20. The summed E-state index contributed by atoms with van der Waals surface area (Å²) in [6.45, 7) is 4.87. The molecule has 0 spiro atoms. The molecule has 1 aliphatic carbocycles. The van der Waals surface area contributed by atoms with E-state index in [1.54, 1.807) is 7.11 Å². The van der Waals surface area contributed by atoms with Gasteiger partial charge in [-0.25, -0.2) is 0 Å². The number of benzene rings is 1. The lowest BCUT2D eigenvalue weighted by Gasteiger charge is -2.42. The van der Waals surface area contributed by atoms with E-state index >= 15 is 0 Å². The molecule has 0 unspecified atom stereocenters. The second-order valence-corrected chi connectivity index (χ2v) is 6.69. The summed E-state index contributed by atoms with van der Waals surface area (Å²) in [6, 6.07) is 8.67. The maximum Gasteiger partial charge on any atom is 0.191 e. The number of hydrogen-bond donors (Lipinski definition) is 2. The number of aryl methyl sites for hydroxylation is 1. The Bertz CT molecular complexity index is 515. The van der Waals surface area contributed by atoms with E-state index in [0.29, 0.717) is 5.41 Å². The molecule has 1 aromatic rings. The molecule has 136 valence electrons. The average Bonchev–Trinajstić information content (AvgIpc) is 2.51. The van der Waals surface area contributed by atoms with Gasteiger partial charge in [-0.3, -0.25) is 4.99 Å². The fourth-order valence-corrected chi connectivity index (χ4v) is 3.20. The third-order valence-electron chi connectivity index (χ3n) is 4.89. The van der Waals surface area contributed by atoms with Gasteiger partial charge in [-0.05, 0) is 43.6 Å². The van der Waals surface area contributed by atoms with Crippen LogP contribution in [-0.2, 0) is 11.2 Å². The van der Waals surface area contributed by atoms with Crippen LogP contribution in [0.3, 0.4) is 0 Å². The SMILES string of the molecule is CN=C(NCCc1cccc(C)c1)NCC1(CCOC)CCC1.I. The van der Waals surface area contributed by atoms with Crippen LogP contribution in [0.4, 0.5) is 0 Å². The van der Waals surface area contributed by atoms with E-state index in [1.807, 2.05) is 7.05 Å². The summed E-state index contributed by atoms with van der Waals surface area (Å²) >= 11 is 0. The van der Waals surface area contributed by atoms with Crippen molar-refractivity contribution in [2.75, 3.05) is 33.9 Å². The van der Waals surface area contributed by atoms with Crippen LogP contribution < -0.4 is 10.6 Å². The molecule has 5 heteroatoms. The molecule has 0 radical (unpaired) electrons. The minimum Gasteiger partial charge on any atom is -0.385 e. The van der Waals surface area contributed by atoms with Gasteiger partial charge in [0.05, 0.1) is 0 Å². The number of nitrogens with one attached hydrogen (secondary N) is 2. The van der Waals surface area contributed by atoms with Gasteiger partial charge >= 0.3 is 0 Å². The zero-order valence-corrected chi connectivity index (χ0v) is 17.6. The molecule has 4 nitrogen and oxygen atoms in total. The highest BCUT2D eigenvalue weighted by Crippen LogP contribution is 2.43. The molecule has 0 saturated heterocycles. The predicted molar refractivity (Wildman–Crippen MR) is 112 cm³/mol. The van der Waals surface area contributed by atoms with Crippen molar-refractivity contribution in [2.45, 2.75) is 39.0 Å². The molecule has 0 atom stereocenters. The van der Waals surface area contributed by atoms with Gasteiger partial charge in [-0.2, -0.15) is 0 Å². The van der Waals surface area contributed by atoms with Crippen molar-refractivity contribution in [3.63, 3.8) is 0 Å². The molecule has 0 heterocycles. The number of nitrogens with zero attached hydrogens (tertiary/aromatic N) is 1. The van der Waals surface area contributed by atoms with Gasteiger partial charge in [0.15, 0.2) is 5.96 Å². The summed E-state index contributed by atoms with van der Waals surface area (Å²) in [4.78, 5) is 4.34. The molecule has 1 aromatic carbocycles. The Balaban J connectivity index is 0.00000288. The summed E-state index contributed by atoms with van der Waals surface area (Å²) in [5.74, 6) is 0.904. The van der Waals surface area contributed by atoms with Gasteiger partial charge in [0, 0.05) is 33.9 Å². The van der Waals surface area contributed by atoms with Gasteiger partial charge in [0.2, 0.25) is 0 Å². The van der Waals surface area contributed by atoms with Crippen LogP contribution in [0, 0.1) is 12.3 Å². The fraction of sp³-hybridized carbons (Fsp3) is 0.632. The Labute approximate surface area is 163 Å². The molecule has 0 bridgehead atoms. The molecule has 24 heavy (non-hydrogen) atoms. The highest BCUT2D eigenvalue weighted by Gasteiger charge is 2.36. The third-order valence-corrected chi connectivity index (χ3v) is 4.89. The number of ether oxygens (including phenoxy) is 1. The molecule has 0 aliphatic heterocycles. The van der Waals surface area contributed by atoms with Crippen molar-refractivity contribution in [1.82, 2.24) is 10.6 Å². The van der Waals surface area contributed by atoms with Gasteiger partial charge in [0.25, 0.3) is 0 Å². The Hall–Kier alpha value is -0.820. The highest BCUT2D eigenvalue weighted by molar-refractivity contribution is 14.0. The molecule has 0 amide bonds. The van der Waals surface area contributed by atoms with E-state index in [1.165, 1.54) is 30.4 Å². The zero-order chi connectivity index (χ0) is 16.5. The topological polar surface area (TPSA) is 45.7 Å². The first-order valence-electron chi connectivity index (χ1n) is 8.66. The minimum atomic E-state index is 0. The first kappa shape index (κ1) is 21.2. The van der Waals surface area contributed by atoms with E-state index in [-0.39, 0.29) is 24.0 Å². The summed E-state index contributed by atoms with van der Waals surface area (Å²) in [7, 11) is 3.62. The Morgan fingerprint density at radius 2 is 2.08 bits per heavy atom. The molecule has 2 N–H and O–H groups in total. The minimum absolute atomic E-state index is 0. The van der Waals surface area contributed by atoms with Crippen LogP contribution >= 0.6 is 24.0 Å². The number of methoxy groups -OCH3 is 1. The van der Waals surface area contributed by atoms with E-state index in [0.717, 1.165) is 38.5 Å². The van der Waals surface area contributed by atoms with Gasteiger partial charge in [-0.1, -0.05) is 36.2 Å². The van der Waals surface area contributed by atoms with Crippen molar-refractivity contribution >= 4 is 29.9 Å². The van der Waals surface area contributed by atoms with Crippen LogP contribution in [0.2, 0.25) is 0 Å². The summed E-state index contributed by atoms with van der Waals surface area (Å²) in [6.07, 6.45) is 6.08. The Morgan fingerprint density at radius 3 is 2.67 bits per heavy atom. The Morgan fingerprint density at radius 1 is 1.29 bits per heavy atom. The van der Waals surface area contributed by atoms with Crippen molar-refractivity contribution in [1.29, 1.82) is 0 Å². The largest absolute Gasteiger partial charge is 0.385 e. The third kappa shape index (κ3) is 6.59. The van der Waals surface area contributed by atoms with Crippen LogP contribution in [0.5, 0.6) is 0 Å². The molecular formula is C19H32IN3O. The van der Waals surface area contributed by atoms with E-state index < -0.39 is 0 Å². The first-order chi connectivity index (χ1) is 11.2. The lowest BCUT2D eigenvalue weighted by atomic mass is 9.67. The maximum atomic E-state index is 5.26. The molecule has 2 rings (SSSR count). The van der Waals surface area contributed by atoms with Crippen molar-refractivity contribution < 1.29 is 4.74 Å². The lowest BCUT2D eigenvalue weighted by molar-refractivity contribution is 0.0732. The van der Waals surface area contributed by atoms with Gasteiger partial charge < -0.3 is 15.4 Å². The molecule has 1 saturated carbocycles. The van der Waals surface area contributed by atoms with Crippen LogP contribution in [0.1, 0.15) is 36.8 Å². The van der Waals surface area contributed by atoms with Crippen LogP contribution in [0.25, 0.3) is 0 Å². The average molecular weight is 445 g/mol. The normalized spacial score (nSPS) is 16.0. The van der Waals surface area contributed by atoms with Crippen molar-refractivity contribution in [3.05, 3.63) is 35.4 Å². The second-order valence-electron chi connectivity index (χ2n) is 6.69. The lowest BCUT2D eigenvalue weighted by Crippen LogP contribution is -2.47. The maximum absolute atomic E-state index is 5.26. The monoisotopic (exact) mass is 445 g/mol. The van der Waals surface area contributed by atoms with Gasteiger partial charge in [0.1, 0.15) is 0 Å². The summed E-state index contributed by atoms with van der Waals surface area (Å²) < 4.78 is 5.26. The number of guanidine groups is 1. The number of aliphatic imine (C=N–C) groups is 1. The number of rotatable bonds is 8. The quantitative estimate of drug-likeness (QED) is 0.366. The van der Waals surface area contributed by atoms with Gasteiger partial charge in [-0.15, -0.1) is 24.0 Å². The standard InChI is InChI=1S/C19H31N3O.HI/c1-16-6-4-7-17(14-16)8-12-21-18(20-2)22-15-19(9-5-10-19)11-13-23-3;/h4,6-7,14H,5,8-13,15H2,1-3H3,(H2,20,21,22);1H. The zero-order valence-electron chi connectivity index (χ0n) is 15.2. The molecule has 1 aliphatic rings. The summed E-state index contributed by atoms with van der Waals surface area (Å²) in [5, 5.41) is 6.92. The van der Waals surface area contributed by atoms with Crippen molar-refractivity contribution in [2.24, 2.45) is 10.4 Å². The number of halogens is 1. The van der Waals surface area contributed by atoms with Crippen LogP contribution in [-0.4, -0.2) is 39.8 Å². The van der Waals surface area contributed by atoms with Crippen molar-refractivity contribution in [3.8, 4) is 0 Å². The highest BCUT2D eigenvalue weighted by atomic mass is 127. The summed E-state index contributed by atoms with van der Waals surface area (Å²) in [5.41, 5.74) is 3.09. The molecule has 1 fully saturated rings. The predicted octanol–water partition coefficient (Wildman–Crippen LogP) is 3.53. The first-order valence-corrected chi connectivity index (χ1v) is 8.66. The van der Waals surface area contributed by atoms with E-state index in [2.05, 4.69) is 46.8 Å². The van der Waals surface area contributed by atoms with E-state index in [9.17, 15) is 0 Å². The molecular weight excluding hydrogens is 413 g/mol. The number of hydrogen-bond acceptors (Lipinski definition) is 2. The Kier molecular flexibility index (Phi) is 9.66.